The van der Waals surface area contributed by atoms with Gasteiger partial charge in [0.25, 0.3) is 0 Å². The van der Waals surface area contributed by atoms with Gasteiger partial charge in [-0.05, 0) is 39.8 Å². The highest BCUT2D eigenvalue weighted by atomic mass is 16.3. The van der Waals surface area contributed by atoms with Crippen molar-refractivity contribution in [3.8, 4) is 11.1 Å². The number of benzene rings is 3. The van der Waals surface area contributed by atoms with Gasteiger partial charge in [-0.1, -0.05) is 72.8 Å². The molecule has 0 heterocycles. The molecule has 0 aliphatic heterocycles. The van der Waals surface area contributed by atoms with Crippen LogP contribution in [-0.4, -0.2) is 5.11 Å². The van der Waals surface area contributed by atoms with Crippen LogP contribution in [0.2, 0.25) is 0 Å². The molecule has 0 bridgehead atoms. The third-order valence-electron chi connectivity index (χ3n) is 4.25. The van der Waals surface area contributed by atoms with Gasteiger partial charge in [0.15, 0.2) is 0 Å². The minimum absolute atomic E-state index is 0.555. The molecule has 0 amide bonds. The molecule has 1 aliphatic carbocycles. The minimum atomic E-state index is -0.555. The highest BCUT2D eigenvalue weighted by molar-refractivity contribution is 5.77. The number of hydrogen-bond donors (Lipinski definition) is 1. The van der Waals surface area contributed by atoms with Crippen LogP contribution in [0.4, 0.5) is 0 Å². The highest BCUT2D eigenvalue weighted by Crippen LogP contribution is 2.38. The van der Waals surface area contributed by atoms with Crippen molar-refractivity contribution in [1.82, 2.24) is 0 Å². The van der Waals surface area contributed by atoms with Crippen molar-refractivity contribution in [2.75, 3.05) is 0 Å². The smallest absolute Gasteiger partial charge is 0.104 e. The van der Waals surface area contributed by atoms with Crippen LogP contribution in [0.1, 0.15) is 28.4 Å². The van der Waals surface area contributed by atoms with Gasteiger partial charge in [-0.3, -0.25) is 0 Å². The average molecular weight is 272 g/mol. The van der Waals surface area contributed by atoms with E-state index in [1.165, 1.54) is 22.3 Å². The Labute approximate surface area is 124 Å². The highest BCUT2D eigenvalue weighted by Gasteiger charge is 2.19. The van der Waals surface area contributed by atoms with Crippen molar-refractivity contribution in [1.29, 1.82) is 0 Å². The zero-order valence-electron chi connectivity index (χ0n) is 11.7. The van der Waals surface area contributed by atoms with Crippen LogP contribution in [-0.2, 0) is 6.42 Å². The van der Waals surface area contributed by atoms with E-state index in [4.69, 9.17) is 0 Å². The lowest BCUT2D eigenvalue weighted by Gasteiger charge is -2.13. The molecule has 0 spiro atoms. The molecule has 1 N–H and O–H groups in total. The maximum Gasteiger partial charge on any atom is 0.104 e. The molecule has 0 saturated carbocycles. The molecule has 0 fully saturated rings. The molecule has 1 nitrogen and oxygen atoms in total. The predicted molar refractivity (Wildman–Crippen MR) is 85.2 cm³/mol. The Morgan fingerprint density at radius 3 is 2.24 bits per heavy atom. The normalized spacial score (nSPS) is 13.6. The molecular weight excluding hydrogens is 256 g/mol. The van der Waals surface area contributed by atoms with Gasteiger partial charge in [-0.15, -0.1) is 0 Å². The van der Waals surface area contributed by atoms with E-state index >= 15 is 0 Å². The maximum atomic E-state index is 10.5. The van der Waals surface area contributed by atoms with Crippen molar-refractivity contribution < 1.29 is 5.11 Å². The summed E-state index contributed by atoms with van der Waals surface area (Å²) in [6, 6.07) is 24.7. The standard InChI is InChI=1S/C20H16O/c21-20(14-6-2-1-3-7-14)16-10-11-19-17(13-16)12-15-8-4-5-9-18(15)19/h1-11,13,20-21H,12H2/t20-/m1/s1. The summed E-state index contributed by atoms with van der Waals surface area (Å²) in [6.45, 7) is 0. The average Bonchev–Trinajstić information content (AvgIpc) is 2.92. The summed E-state index contributed by atoms with van der Waals surface area (Å²) >= 11 is 0. The molecule has 4 rings (SSSR count). The third-order valence-corrected chi connectivity index (χ3v) is 4.25. The van der Waals surface area contributed by atoms with E-state index < -0.39 is 6.10 Å². The Kier molecular flexibility index (Phi) is 2.87. The second-order valence-electron chi connectivity index (χ2n) is 5.56. The van der Waals surface area contributed by atoms with Crippen LogP contribution in [0.25, 0.3) is 11.1 Å². The number of fused-ring (bicyclic) bond motifs is 3. The first-order valence-corrected chi connectivity index (χ1v) is 7.27. The number of aliphatic hydroxyl groups excluding tert-OH is 1. The van der Waals surface area contributed by atoms with Crippen LogP contribution in [0.5, 0.6) is 0 Å². The molecule has 1 atom stereocenters. The number of rotatable bonds is 2. The molecule has 1 heteroatoms. The van der Waals surface area contributed by atoms with E-state index in [0.717, 1.165) is 17.5 Å². The van der Waals surface area contributed by atoms with Gasteiger partial charge >= 0.3 is 0 Å². The van der Waals surface area contributed by atoms with E-state index in [1.807, 2.05) is 36.4 Å². The molecule has 3 aromatic carbocycles. The van der Waals surface area contributed by atoms with Crippen LogP contribution in [0.15, 0.2) is 72.8 Å². The van der Waals surface area contributed by atoms with Gasteiger partial charge in [0.05, 0.1) is 0 Å². The molecule has 1 aliphatic rings. The van der Waals surface area contributed by atoms with Crippen LogP contribution >= 0.6 is 0 Å². The lowest BCUT2D eigenvalue weighted by molar-refractivity contribution is 0.220. The lowest BCUT2D eigenvalue weighted by Crippen LogP contribution is -2.00. The zero-order valence-corrected chi connectivity index (χ0v) is 11.7. The molecule has 0 saturated heterocycles. The maximum absolute atomic E-state index is 10.5. The number of hydrogen-bond acceptors (Lipinski definition) is 1. The Bertz CT molecular complexity index is 790. The van der Waals surface area contributed by atoms with E-state index in [1.54, 1.807) is 0 Å². The molecule has 21 heavy (non-hydrogen) atoms. The van der Waals surface area contributed by atoms with E-state index in [9.17, 15) is 5.11 Å². The zero-order chi connectivity index (χ0) is 14.2. The SMILES string of the molecule is O[C@H](c1ccccc1)c1ccc2c(c1)Cc1ccccc1-2. The Morgan fingerprint density at radius 1 is 0.667 bits per heavy atom. The van der Waals surface area contributed by atoms with Crippen molar-refractivity contribution >= 4 is 0 Å². The van der Waals surface area contributed by atoms with Crippen molar-refractivity contribution in [3.63, 3.8) is 0 Å². The van der Waals surface area contributed by atoms with Gasteiger partial charge in [-0.25, -0.2) is 0 Å². The van der Waals surface area contributed by atoms with Crippen LogP contribution in [0.3, 0.4) is 0 Å². The molecule has 0 aromatic heterocycles. The van der Waals surface area contributed by atoms with Gasteiger partial charge in [0.2, 0.25) is 0 Å². The minimum Gasteiger partial charge on any atom is -0.384 e. The molecule has 3 aromatic rings. The molecule has 0 unspecified atom stereocenters. The second kappa shape index (κ2) is 4.87. The Balaban J connectivity index is 1.74. The first kappa shape index (κ1) is 12.4. The van der Waals surface area contributed by atoms with Gasteiger partial charge in [-0.2, -0.15) is 0 Å². The monoisotopic (exact) mass is 272 g/mol. The first-order valence-electron chi connectivity index (χ1n) is 7.27. The summed E-state index contributed by atoms with van der Waals surface area (Å²) in [4.78, 5) is 0. The first-order chi connectivity index (χ1) is 10.3. The van der Waals surface area contributed by atoms with Crippen LogP contribution < -0.4 is 0 Å². The summed E-state index contributed by atoms with van der Waals surface area (Å²) in [5.74, 6) is 0. The van der Waals surface area contributed by atoms with Gasteiger partial charge in [0.1, 0.15) is 6.10 Å². The summed E-state index contributed by atoms with van der Waals surface area (Å²) in [6.07, 6.45) is 0.404. The molecule has 0 radical (unpaired) electrons. The fourth-order valence-corrected chi connectivity index (χ4v) is 3.16. The van der Waals surface area contributed by atoms with Crippen LogP contribution in [0, 0.1) is 0 Å². The van der Waals surface area contributed by atoms with E-state index in [2.05, 4.69) is 36.4 Å². The third kappa shape index (κ3) is 2.07. The lowest BCUT2D eigenvalue weighted by atomic mass is 9.97. The van der Waals surface area contributed by atoms with Crippen molar-refractivity contribution in [2.45, 2.75) is 12.5 Å². The summed E-state index contributed by atoms with van der Waals surface area (Å²) in [7, 11) is 0. The van der Waals surface area contributed by atoms with E-state index in [0.29, 0.717) is 0 Å². The number of aliphatic hydroxyl groups is 1. The topological polar surface area (TPSA) is 20.2 Å². The fourth-order valence-electron chi connectivity index (χ4n) is 3.16. The summed E-state index contributed by atoms with van der Waals surface area (Å²) in [5, 5.41) is 10.5. The summed E-state index contributed by atoms with van der Waals surface area (Å²) in [5.41, 5.74) is 7.21. The Hall–Kier alpha value is -2.38. The van der Waals surface area contributed by atoms with Crippen molar-refractivity contribution in [2.24, 2.45) is 0 Å². The van der Waals surface area contributed by atoms with E-state index in [-0.39, 0.29) is 0 Å². The largest absolute Gasteiger partial charge is 0.384 e. The predicted octanol–water partition coefficient (Wildman–Crippen LogP) is 4.34. The molecule has 102 valence electrons. The van der Waals surface area contributed by atoms with Gasteiger partial charge < -0.3 is 5.11 Å². The van der Waals surface area contributed by atoms with Crippen molar-refractivity contribution in [3.05, 3.63) is 95.1 Å². The fraction of sp³-hybridized carbons (Fsp3) is 0.100. The second-order valence-corrected chi connectivity index (χ2v) is 5.56. The quantitative estimate of drug-likeness (QED) is 0.575. The Morgan fingerprint density at radius 2 is 1.38 bits per heavy atom. The van der Waals surface area contributed by atoms with Gasteiger partial charge in [0, 0.05) is 0 Å². The molecular formula is C20H16O. The summed E-state index contributed by atoms with van der Waals surface area (Å²) < 4.78 is 0.